The van der Waals surface area contributed by atoms with Crippen LogP contribution in [0, 0.1) is 0 Å². The molecule has 1 aliphatic rings. The summed E-state index contributed by atoms with van der Waals surface area (Å²) in [6.07, 6.45) is 0.757. The summed E-state index contributed by atoms with van der Waals surface area (Å²) in [4.78, 5) is 0.142. The number of fused-ring (bicyclic) bond motifs is 2. The van der Waals surface area contributed by atoms with Crippen LogP contribution in [0.4, 0.5) is 0 Å². The quantitative estimate of drug-likeness (QED) is 0.466. The van der Waals surface area contributed by atoms with Gasteiger partial charge in [0.25, 0.3) is 0 Å². The first-order valence-corrected chi connectivity index (χ1v) is 12.0. The summed E-state index contributed by atoms with van der Waals surface area (Å²) >= 11 is 0. The van der Waals surface area contributed by atoms with E-state index in [1.54, 1.807) is 12.1 Å². The lowest BCUT2D eigenvalue weighted by atomic mass is 9.97. The second-order valence-corrected chi connectivity index (χ2v) is 9.44. The predicted molar refractivity (Wildman–Crippen MR) is 125 cm³/mol. The van der Waals surface area contributed by atoms with E-state index in [4.69, 9.17) is 9.47 Å². The van der Waals surface area contributed by atoms with E-state index in [-0.39, 0.29) is 4.90 Å². The van der Waals surface area contributed by atoms with Gasteiger partial charge in [-0.15, -0.1) is 0 Å². The van der Waals surface area contributed by atoms with E-state index in [0.717, 1.165) is 28.3 Å². The lowest BCUT2D eigenvalue weighted by Crippen LogP contribution is -2.29. The Morgan fingerprint density at radius 2 is 1.41 bits per heavy atom. The molecule has 32 heavy (non-hydrogen) atoms. The Morgan fingerprint density at radius 3 is 2.22 bits per heavy atom. The molecule has 6 heteroatoms. The molecule has 0 bridgehead atoms. The zero-order chi connectivity index (χ0) is 22.0. The van der Waals surface area contributed by atoms with E-state index in [1.807, 2.05) is 72.8 Å². The normalized spacial score (nSPS) is 14.6. The highest BCUT2D eigenvalue weighted by atomic mass is 32.2. The fraction of sp³-hybridized carbons (Fsp3) is 0.154. The van der Waals surface area contributed by atoms with Gasteiger partial charge in [0.05, 0.1) is 24.2 Å². The number of ether oxygens (including phenoxy) is 2. The minimum absolute atomic E-state index is 0.142. The summed E-state index contributed by atoms with van der Waals surface area (Å²) in [7, 11) is -3.84. The molecule has 0 spiro atoms. The van der Waals surface area contributed by atoms with Crippen molar-refractivity contribution in [2.24, 2.45) is 0 Å². The van der Waals surface area contributed by atoms with Crippen molar-refractivity contribution in [3.63, 3.8) is 0 Å². The molecule has 0 aliphatic carbocycles. The molecule has 0 radical (unpaired) electrons. The monoisotopic (exact) mass is 445 g/mol. The Kier molecular flexibility index (Phi) is 5.55. The minimum Gasteiger partial charge on any atom is -0.490 e. The molecule has 1 unspecified atom stereocenters. The molecule has 1 atom stereocenters. The number of hydrogen-bond acceptors (Lipinski definition) is 4. The maximum absolute atomic E-state index is 13.4. The SMILES string of the molecule is O=S(=O)(NC(c1ccccc1)c1ccc2ccccc2c1)c1ccc2c(c1)OCCCO2. The molecule has 0 aromatic heterocycles. The average Bonchev–Trinajstić information content (AvgIpc) is 3.08. The van der Waals surface area contributed by atoms with E-state index in [0.29, 0.717) is 24.7 Å². The molecule has 0 fully saturated rings. The van der Waals surface area contributed by atoms with E-state index >= 15 is 0 Å². The van der Waals surface area contributed by atoms with Gasteiger partial charge in [-0.3, -0.25) is 0 Å². The summed E-state index contributed by atoms with van der Waals surface area (Å²) in [5.74, 6) is 1.02. The molecule has 0 saturated heterocycles. The van der Waals surface area contributed by atoms with Gasteiger partial charge in [-0.05, 0) is 40.1 Å². The summed E-state index contributed by atoms with van der Waals surface area (Å²) < 4.78 is 41.1. The smallest absolute Gasteiger partial charge is 0.241 e. The van der Waals surface area contributed by atoms with Gasteiger partial charge in [0.15, 0.2) is 11.5 Å². The van der Waals surface area contributed by atoms with Crippen molar-refractivity contribution in [3.8, 4) is 11.5 Å². The maximum atomic E-state index is 13.4. The van der Waals surface area contributed by atoms with Crippen LogP contribution < -0.4 is 14.2 Å². The van der Waals surface area contributed by atoms with Gasteiger partial charge in [0.1, 0.15) is 0 Å². The van der Waals surface area contributed by atoms with Crippen LogP contribution in [0.1, 0.15) is 23.6 Å². The summed E-state index contributed by atoms with van der Waals surface area (Å²) in [6, 6.07) is 27.8. The Hall–Kier alpha value is -3.35. The van der Waals surface area contributed by atoms with Crippen molar-refractivity contribution in [1.29, 1.82) is 0 Å². The van der Waals surface area contributed by atoms with Gasteiger partial charge in [0.2, 0.25) is 10.0 Å². The Bertz CT molecular complexity index is 1350. The van der Waals surface area contributed by atoms with Gasteiger partial charge < -0.3 is 9.47 Å². The van der Waals surface area contributed by atoms with Crippen molar-refractivity contribution in [1.82, 2.24) is 4.72 Å². The van der Waals surface area contributed by atoms with Crippen LogP contribution in [0.3, 0.4) is 0 Å². The van der Waals surface area contributed by atoms with E-state index in [2.05, 4.69) is 4.72 Å². The summed E-state index contributed by atoms with van der Waals surface area (Å²) in [5, 5.41) is 2.16. The Balaban J connectivity index is 1.54. The molecule has 1 aliphatic heterocycles. The number of nitrogens with one attached hydrogen (secondary N) is 1. The Labute approximate surface area is 187 Å². The number of benzene rings is 4. The standard InChI is InChI=1S/C26H23NO4S/c28-32(29,23-13-14-24-25(18-23)31-16-6-15-30-24)27-26(20-8-2-1-3-9-20)22-12-11-19-7-4-5-10-21(19)17-22/h1-5,7-14,17-18,26-27H,6,15-16H2. The summed E-state index contributed by atoms with van der Waals surface area (Å²) in [6.45, 7) is 1.04. The van der Waals surface area contributed by atoms with Gasteiger partial charge in [-0.1, -0.05) is 66.7 Å². The van der Waals surface area contributed by atoms with Crippen molar-refractivity contribution < 1.29 is 17.9 Å². The molecule has 162 valence electrons. The summed E-state index contributed by atoms with van der Waals surface area (Å²) in [5.41, 5.74) is 1.73. The number of rotatable bonds is 5. The van der Waals surface area contributed by atoms with E-state index < -0.39 is 16.1 Å². The molecular formula is C26H23NO4S. The first-order chi connectivity index (χ1) is 15.6. The maximum Gasteiger partial charge on any atom is 0.241 e. The van der Waals surface area contributed by atoms with Crippen molar-refractivity contribution in [2.45, 2.75) is 17.4 Å². The van der Waals surface area contributed by atoms with Crippen LogP contribution >= 0.6 is 0 Å². The molecule has 4 aromatic carbocycles. The van der Waals surface area contributed by atoms with Crippen LogP contribution in [0.25, 0.3) is 10.8 Å². The zero-order valence-corrected chi connectivity index (χ0v) is 18.2. The number of sulfonamides is 1. The van der Waals surface area contributed by atoms with Crippen LogP contribution in [-0.4, -0.2) is 21.6 Å². The molecule has 1 N–H and O–H groups in total. The zero-order valence-electron chi connectivity index (χ0n) is 17.4. The van der Waals surface area contributed by atoms with Crippen molar-refractivity contribution >= 4 is 20.8 Å². The highest BCUT2D eigenvalue weighted by molar-refractivity contribution is 7.89. The first kappa shape index (κ1) is 20.5. The molecule has 5 nitrogen and oxygen atoms in total. The predicted octanol–water partition coefficient (Wildman–Crippen LogP) is 5.07. The van der Waals surface area contributed by atoms with Crippen LogP contribution in [0.15, 0.2) is 95.9 Å². The van der Waals surface area contributed by atoms with E-state index in [9.17, 15) is 8.42 Å². The molecule has 0 amide bonds. The molecule has 5 rings (SSSR count). The lowest BCUT2D eigenvalue weighted by molar-refractivity contribution is 0.297. The third-order valence-corrected chi connectivity index (χ3v) is 6.96. The lowest BCUT2D eigenvalue weighted by Gasteiger charge is -2.21. The third-order valence-electron chi connectivity index (χ3n) is 5.54. The highest BCUT2D eigenvalue weighted by Gasteiger charge is 2.25. The van der Waals surface area contributed by atoms with Crippen molar-refractivity contribution in [2.75, 3.05) is 13.2 Å². The minimum atomic E-state index is -3.84. The van der Waals surface area contributed by atoms with Crippen LogP contribution in [-0.2, 0) is 10.0 Å². The average molecular weight is 446 g/mol. The van der Waals surface area contributed by atoms with Crippen LogP contribution in [0.5, 0.6) is 11.5 Å². The largest absolute Gasteiger partial charge is 0.490 e. The second-order valence-electron chi connectivity index (χ2n) is 7.73. The fourth-order valence-corrected chi connectivity index (χ4v) is 5.12. The fourth-order valence-electron chi connectivity index (χ4n) is 3.90. The molecule has 0 saturated carbocycles. The topological polar surface area (TPSA) is 64.6 Å². The van der Waals surface area contributed by atoms with E-state index in [1.165, 1.54) is 6.07 Å². The van der Waals surface area contributed by atoms with Gasteiger partial charge in [0, 0.05) is 12.5 Å². The highest BCUT2D eigenvalue weighted by Crippen LogP contribution is 2.33. The molecular weight excluding hydrogens is 422 g/mol. The third kappa shape index (κ3) is 4.20. The molecule has 4 aromatic rings. The van der Waals surface area contributed by atoms with Crippen molar-refractivity contribution in [3.05, 3.63) is 102 Å². The van der Waals surface area contributed by atoms with Gasteiger partial charge >= 0.3 is 0 Å². The first-order valence-electron chi connectivity index (χ1n) is 10.6. The molecule has 1 heterocycles. The van der Waals surface area contributed by atoms with Crippen LogP contribution in [0.2, 0.25) is 0 Å². The van der Waals surface area contributed by atoms with Gasteiger partial charge in [-0.25, -0.2) is 8.42 Å². The number of hydrogen-bond donors (Lipinski definition) is 1. The second kappa shape index (κ2) is 8.65. The van der Waals surface area contributed by atoms with Gasteiger partial charge in [-0.2, -0.15) is 4.72 Å². The Morgan fingerprint density at radius 1 is 0.688 bits per heavy atom.